The fourth-order valence-corrected chi connectivity index (χ4v) is 2.96. The molecule has 0 heterocycles. The number of halogens is 4. The summed E-state index contributed by atoms with van der Waals surface area (Å²) in [5, 5.41) is -0.413. The van der Waals surface area contributed by atoms with E-state index in [0.717, 1.165) is 0 Å². The van der Waals surface area contributed by atoms with Crippen LogP contribution in [-0.4, -0.2) is 20.3 Å². The van der Waals surface area contributed by atoms with Crippen LogP contribution in [0, 0.1) is 0 Å². The topological polar surface area (TPSA) is 46.2 Å². The lowest BCUT2D eigenvalue weighted by molar-refractivity contribution is -0.134. The third-order valence-corrected chi connectivity index (χ3v) is 4.12. The van der Waals surface area contributed by atoms with Crippen LogP contribution < -0.4 is 4.72 Å². The predicted octanol–water partition coefficient (Wildman–Crippen LogP) is 4.07. The van der Waals surface area contributed by atoms with E-state index in [9.17, 15) is 21.6 Å². The van der Waals surface area contributed by atoms with Crippen molar-refractivity contribution in [2.75, 3.05) is 10.5 Å². The summed E-state index contributed by atoms with van der Waals surface area (Å²) in [5.41, 5.74) is 0.871. The molecule has 0 aliphatic carbocycles. The molecule has 8 heteroatoms. The van der Waals surface area contributed by atoms with Gasteiger partial charge in [0.1, 0.15) is 0 Å². The van der Waals surface area contributed by atoms with Crippen LogP contribution in [0.2, 0.25) is 0 Å². The van der Waals surface area contributed by atoms with E-state index in [4.69, 9.17) is 11.6 Å². The summed E-state index contributed by atoms with van der Waals surface area (Å²) in [4.78, 5) is 0. The molecule has 1 N–H and O–H groups in total. The molecule has 114 valence electrons. The first-order valence-electron chi connectivity index (χ1n) is 5.91. The summed E-state index contributed by atoms with van der Waals surface area (Å²) in [6, 6.07) is 6.51. The van der Waals surface area contributed by atoms with Gasteiger partial charge in [-0.25, -0.2) is 8.42 Å². The first-order valence-corrected chi connectivity index (χ1v) is 8.00. The molecule has 1 aromatic rings. The summed E-state index contributed by atoms with van der Waals surface area (Å²) in [7, 11) is -3.82. The van der Waals surface area contributed by atoms with E-state index in [1.54, 1.807) is 25.1 Å². The number of nitrogens with one attached hydrogen (secondary N) is 1. The zero-order valence-electron chi connectivity index (χ0n) is 10.7. The van der Waals surface area contributed by atoms with Gasteiger partial charge in [-0.2, -0.15) is 13.2 Å². The van der Waals surface area contributed by atoms with Crippen LogP contribution in [-0.2, 0) is 10.0 Å². The van der Waals surface area contributed by atoms with E-state index in [1.807, 2.05) is 0 Å². The van der Waals surface area contributed by atoms with Crippen molar-refractivity contribution in [1.29, 1.82) is 0 Å². The maximum atomic E-state index is 12.0. The van der Waals surface area contributed by atoms with E-state index in [1.165, 1.54) is 6.07 Å². The van der Waals surface area contributed by atoms with Crippen LogP contribution in [0.15, 0.2) is 24.3 Å². The van der Waals surface area contributed by atoms with Gasteiger partial charge >= 0.3 is 6.18 Å². The Balaban J connectivity index is 2.72. The predicted molar refractivity (Wildman–Crippen MR) is 73.4 cm³/mol. The minimum Gasteiger partial charge on any atom is -0.283 e. The van der Waals surface area contributed by atoms with Crippen molar-refractivity contribution in [3.8, 4) is 0 Å². The number of alkyl halides is 4. The third kappa shape index (κ3) is 6.00. The highest BCUT2D eigenvalue weighted by Gasteiger charge is 2.27. The Morgan fingerprint density at radius 1 is 1.30 bits per heavy atom. The minimum absolute atomic E-state index is 0.294. The molecule has 0 fully saturated rings. The second kappa shape index (κ2) is 6.67. The zero-order chi connectivity index (χ0) is 15.4. The van der Waals surface area contributed by atoms with Gasteiger partial charge in [-0.1, -0.05) is 18.2 Å². The van der Waals surface area contributed by atoms with Crippen molar-refractivity contribution in [1.82, 2.24) is 0 Å². The van der Waals surface area contributed by atoms with Crippen LogP contribution in [0.5, 0.6) is 0 Å². The van der Waals surface area contributed by atoms with Gasteiger partial charge in [0.25, 0.3) is 0 Å². The van der Waals surface area contributed by atoms with Gasteiger partial charge in [0.2, 0.25) is 10.0 Å². The third-order valence-electron chi connectivity index (χ3n) is 2.53. The SMILES string of the molecule is CC(Cl)c1ccccc1NS(=O)(=O)CCCC(F)(F)F. The van der Waals surface area contributed by atoms with Crippen molar-refractivity contribution < 1.29 is 21.6 Å². The van der Waals surface area contributed by atoms with Gasteiger partial charge in [0.05, 0.1) is 16.8 Å². The summed E-state index contributed by atoms with van der Waals surface area (Å²) in [6.07, 6.45) is -5.95. The molecule has 1 aromatic carbocycles. The number of sulfonamides is 1. The molecule has 0 spiro atoms. The lowest BCUT2D eigenvalue weighted by Gasteiger charge is -2.14. The molecular formula is C12H15ClF3NO2S. The summed E-state index contributed by atoms with van der Waals surface area (Å²) >= 11 is 5.92. The largest absolute Gasteiger partial charge is 0.389 e. The molecule has 1 unspecified atom stereocenters. The molecule has 1 atom stereocenters. The number of hydrogen-bond acceptors (Lipinski definition) is 2. The molecule has 20 heavy (non-hydrogen) atoms. The van der Waals surface area contributed by atoms with Crippen LogP contribution in [0.25, 0.3) is 0 Å². The number of para-hydroxylation sites is 1. The van der Waals surface area contributed by atoms with Gasteiger partial charge in [0, 0.05) is 6.42 Å². The Labute approximate surface area is 121 Å². The maximum absolute atomic E-state index is 12.0. The fourth-order valence-electron chi connectivity index (χ4n) is 1.62. The molecule has 1 rings (SSSR count). The van der Waals surface area contributed by atoms with Gasteiger partial charge in [-0.05, 0) is 25.0 Å². The van der Waals surface area contributed by atoms with Crippen LogP contribution in [0.4, 0.5) is 18.9 Å². The van der Waals surface area contributed by atoms with Gasteiger partial charge < -0.3 is 0 Å². The second-order valence-corrected chi connectivity index (χ2v) is 6.84. The van der Waals surface area contributed by atoms with E-state index < -0.39 is 40.2 Å². The van der Waals surface area contributed by atoms with Gasteiger partial charge in [-0.3, -0.25) is 4.72 Å². The molecule has 0 bridgehead atoms. The molecule has 0 radical (unpaired) electrons. The first-order chi connectivity index (χ1) is 9.11. The molecule has 3 nitrogen and oxygen atoms in total. The molecule has 0 saturated carbocycles. The zero-order valence-corrected chi connectivity index (χ0v) is 12.3. The number of hydrogen-bond donors (Lipinski definition) is 1. The Morgan fingerprint density at radius 3 is 2.45 bits per heavy atom. The Morgan fingerprint density at radius 2 is 1.90 bits per heavy atom. The summed E-state index contributed by atoms with van der Waals surface area (Å²) < 4.78 is 61.7. The maximum Gasteiger partial charge on any atom is 0.389 e. The van der Waals surface area contributed by atoms with Crippen LogP contribution >= 0.6 is 11.6 Å². The van der Waals surface area contributed by atoms with Gasteiger partial charge in [0.15, 0.2) is 0 Å². The Bertz CT molecular complexity index is 544. The lowest BCUT2D eigenvalue weighted by atomic mass is 10.1. The highest BCUT2D eigenvalue weighted by atomic mass is 35.5. The van der Waals surface area contributed by atoms with E-state index in [-0.39, 0.29) is 0 Å². The van der Waals surface area contributed by atoms with Crippen molar-refractivity contribution in [3.05, 3.63) is 29.8 Å². The van der Waals surface area contributed by atoms with Crippen molar-refractivity contribution in [3.63, 3.8) is 0 Å². The lowest BCUT2D eigenvalue weighted by Crippen LogP contribution is -2.19. The average Bonchev–Trinajstić information content (AvgIpc) is 2.26. The van der Waals surface area contributed by atoms with Crippen molar-refractivity contribution in [2.24, 2.45) is 0 Å². The molecular weight excluding hydrogens is 315 g/mol. The first kappa shape index (κ1) is 17.1. The van der Waals surface area contributed by atoms with E-state index in [2.05, 4.69) is 4.72 Å². The average molecular weight is 330 g/mol. The number of anilines is 1. The fraction of sp³-hybridized carbons (Fsp3) is 0.500. The highest BCUT2D eigenvalue weighted by molar-refractivity contribution is 7.92. The normalized spacial score (nSPS) is 14.1. The van der Waals surface area contributed by atoms with Crippen LogP contribution in [0.1, 0.15) is 30.7 Å². The summed E-state index contributed by atoms with van der Waals surface area (Å²) in [5.74, 6) is -0.586. The van der Waals surface area contributed by atoms with Crippen LogP contribution in [0.3, 0.4) is 0 Å². The molecule has 0 aliphatic heterocycles. The number of benzene rings is 1. The van der Waals surface area contributed by atoms with Gasteiger partial charge in [-0.15, -0.1) is 11.6 Å². The Kier molecular flexibility index (Phi) is 5.70. The molecule has 0 saturated heterocycles. The van der Waals surface area contributed by atoms with Crippen molar-refractivity contribution in [2.45, 2.75) is 31.3 Å². The highest BCUT2D eigenvalue weighted by Crippen LogP contribution is 2.28. The molecule has 0 aromatic heterocycles. The minimum atomic E-state index is -4.35. The molecule has 0 aliphatic rings. The smallest absolute Gasteiger partial charge is 0.283 e. The van der Waals surface area contributed by atoms with E-state index >= 15 is 0 Å². The summed E-state index contributed by atoms with van der Waals surface area (Å²) in [6.45, 7) is 1.68. The Hall–Kier alpha value is -0.950. The standard InChI is InChI=1S/C12H15ClF3NO2S/c1-9(13)10-5-2-3-6-11(10)17-20(18,19)8-4-7-12(14,15)16/h2-3,5-6,9,17H,4,7-8H2,1H3. The van der Waals surface area contributed by atoms with Crippen molar-refractivity contribution >= 4 is 27.3 Å². The monoisotopic (exact) mass is 329 g/mol. The van der Waals surface area contributed by atoms with E-state index in [0.29, 0.717) is 11.3 Å². The second-order valence-electron chi connectivity index (χ2n) is 4.34. The molecule has 0 amide bonds. The number of rotatable bonds is 6. The quantitative estimate of drug-likeness (QED) is 0.800.